The van der Waals surface area contributed by atoms with Gasteiger partial charge in [-0.15, -0.1) is 0 Å². The third kappa shape index (κ3) is 3.58. The van der Waals surface area contributed by atoms with Crippen molar-refractivity contribution in [3.8, 4) is 5.75 Å². The summed E-state index contributed by atoms with van der Waals surface area (Å²) < 4.78 is 26.6. The number of anilines is 1. The van der Waals surface area contributed by atoms with Crippen LogP contribution in [-0.4, -0.2) is 35.7 Å². The molecular weight excluding hydrogens is 326 g/mol. The third-order valence-electron chi connectivity index (χ3n) is 2.87. The number of hydrogen-bond acceptors (Lipinski definition) is 5. The van der Waals surface area contributed by atoms with Crippen LogP contribution in [-0.2, 0) is 10.0 Å². The quantitative estimate of drug-likeness (QED) is 0.607. The van der Waals surface area contributed by atoms with Crippen molar-refractivity contribution in [1.29, 1.82) is 0 Å². The second kappa shape index (κ2) is 5.97. The number of carboxylic acid groups (broad SMARTS) is 2. The zero-order chi connectivity index (χ0) is 17.2. The van der Waals surface area contributed by atoms with Gasteiger partial charge in [0.2, 0.25) is 0 Å². The van der Waals surface area contributed by atoms with Crippen LogP contribution in [0.25, 0.3) is 0 Å². The summed E-state index contributed by atoms with van der Waals surface area (Å²) in [6.45, 7) is 0. The molecule has 0 atom stereocenters. The van der Waals surface area contributed by atoms with E-state index in [1.54, 1.807) is 0 Å². The molecule has 0 aliphatic rings. The monoisotopic (exact) mass is 337 g/mol. The molecule has 120 valence electrons. The van der Waals surface area contributed by atoms with E-state index in [0.29, 0.717) is 0 Å². The second-order valence-electron chi connectivity index (χ2n) is 4.48. The molecule has 0 radical (unpaired) electrons. The Balaban J connectivity index is 2.39. The fraction of sp³-hybridized carbons (Fsp3) is 0. The predicted octanol–water partition coefficient (Wildman–Crippen LogP) is 1.59. The van der Waals surface area contributed by atoms with Gasteiger partial charge in [-0.1, -0.05) is 6.07 Å². The SMILES string of the molecule is O=C(O)c1cccc(S(=O)(=O)Nc2ccc(O)c(C(=O)O)c2)c1. The van der Waals surface area contributed by atoms with Crippen LogP contribution in [0.1, 0.15) is 20.7 Å². The number of hydrogen-bond donors (Lipinski definition) is 4. The first-order valence-electron chi connectivity index (χ1n) is 6.13. The molecule has 0 saturated carbocycles. The van der Waals surface area contributed by atoms with Crippen LogP contribution in [0.4, 0.5) is 5.69 Å². The van der Waals surface area contributed by atoms with Crippen molar-refractivity contribution in [2.45, 2.75) is 4.90 Å². The highest BCUT2D eigenvalue weighted by Crippen LogP contribution is 2.24. The van der Waals surface area contributed by atoms with Crippen LogP contribution in [0.3, 0.4) is 0 Å². The second-order valence-corrected chi connectivity index (χ2v) is 6.16. The highest BCUT2D eigenvalue weighted by molar-refractivity contribution is 7.92. The van der Waals surface area contributed by atoms with Gasteiger partial charge in [0, 0.05) is 5.69 Å². The summed E-state index contributed by atoms with van der Waals surface area (Å²) >= 11 is 0. The van der Waals surface area contributed by atoms with Gasteiger partial charge in [0.1, 0.15) is 11.3 Å². The third-order valence-corrected chi connectivity index (χ3v) is 4.25. The van der Waals surface area contributed by atoms with Gasteiger partial charge in [0.15, 0.2) is 0 Å². The molecule has 0 aromatic heterocycles. The maximum absolute atomic E-state index is 12.2. The lowest BCUT2D eigenvalue weighted by Gasteiger charge is -2.10. The number of aromatic hydroxyl groups is 1. The van der Waals surface area contributed by atoms with Crippen LogP contribution < -0.4 is 4.72 Å². The van der Waals surface area contributed by atoms with Crippen molar-refractivity contribution in [2.75, 3.05) is 4.72 Å². The van der Waals surface area contributed by atoms with Crippen LogP contribution in [0.5, 0.6) is 5.75 Å². The van der Waals surface area contributed by atoms with Crippen LogP contribution in [0, 0.1) is 0 Å². The Bertz CT molecular complexity index is 890. The lowest BCUT2D eigenvalue weighted by molar-refractivity contribution is 0.0684. The topological polar surface area (TPSA) is 141 Å². The number of nitrogens with one attached hydrogen (secondary N) is 1. The summed E-state index contributed by atoms with van der Waals surface area (Å²) in [4.78, 5) is 21.5. The highest BCUT2D eigenvalue weighted by Gasteiger charge is 2.18. The Morgan fingerprint density at radius 1 is 0.957 bits per heavy atom. The van der Waals surface area contributed by atoms with Crippen LogP contribution in [0.15, 0.2) is 47.4 Å². The fourth-order valence-corrected chi connectivity index (χ4v) is 2.88. The lowest BCUT2D eigenvalue weighted by Crippen LogP contribution is -2.14. The molecule has 2 aromatic carbocycles. The Hall–Kier alpha value is -3.07. The first-order chi connectivity index (χ1) is 10.7. The molecule has 2 aromatic rings. The van der Waals surface area contributed by atoms with Crippen LogP contribution in [0.2, 0.25) is 0 Å². The molecule has 0 fully saturated rings. The van der Waals surface area contributed by atoms with Crippen molar-refractivity contribution in [3.63, 3.8) is 0 Å². The number of rotatable bonds is 5. The van der Waals surface area contributed by atoms with E-state index in [1.165, 1.54) is 24.3 Å². The van der Waals surface area contributed by atoms with E-state index in [4.69, 9.17) is 10.2 Å². The van der Waals surface area contributed by atoms with Gasteiger partial charge >= 0.3 is 11.9 Å². The summed E-state index contributed by atoms with van der Waals surface area (Å²) in [5, 5.41) is 27.2. The number of phenols is 1. The van der Waals surface area contributed by atoms with Gasteiger partial charge in [0.05, 0.1) is 10.5 Å². The van der Waals surface area contributed by atoms with Gasteiger partial charge in [0.25, 0.3) is 10.0 Å². The molecule has 9 heteroatoms. The molecule has 0 saturated heterocycles. The molecule has 0 heterocycles. The Kier molecular flexibility index (Phi) is 4.23. The van der Waals surface area contributed by atoms with E-state index in [0.717, 1.165) is 18.2 Å². The smallest absolute Gasteiger partial charge is 0.339 e. The molecule has 4 N–H and O–H groups in total. The van der Waals surface area contributed by atoms with E-state index in [2.05, 4.69) is 4.72 Å². The molecule has 0 amide bonds. The molecule has 8 nitrogen and oxygen atoms in total. The maximum atomic E-state index is 12.2. The summed E-state index contributed by atoms with van der Waals surface area (Å²) in [5.74, 6) is -3.20. The maximum Gasteiger partial charge on any atom is 0.339 e. The minimum absolute atomic E-state index is 0.0825. The summed E-state index contributed by atoms with van der Waals surface area (Å²) in [7, 11) is -4.11. The first kappa shape index (κ1) is 16.3. The lowest BCUT2D eigenvalue weighted by atomic mass is 10.2. The van der Waals surface area contributed by atoms with E-state index >= 15 is 0 Å². The van der Waals surface area contributed by atoms with Crippen molar-refractivity contribution < 1.29 is 33.3 Å². The van der Waals surface area contributed by atoms with Crippen LogP contribution >= 0.6 is 0 Å². The van der Waals surface area contributed by atoms with E-state index in [-0.39, 0.29) is 16.1 Å². The molecular formula is C14H11NO7S. The average Bonchev–Trinajstić information content (AvgIpc) is 2.49. The fourth-order valence-electron chi connectivity index (χ4n) is 1.78. The zero-order valence-corrected chi connectivity index (χ0v) is 12.2. The van der Waals surface area contributed by atoms with Gasteiger partial charge in [-0.2, -0.15) is 0 Å². The number of benzene rings is 2. The van der Waals surface area contributed by atoms with Crippen molar-refractivity contribution in [2.24, 2.45) is 0 Å². The highest BCUT2D eigenvalue weighted by atomic mass is 32.2. The van der Waals surface area contributed by atoms with Gasteiger partial charge in [-0.3, -0.25) is 4.72 Å². The molecule has 0 aliphatic carbocycles. The van der Waals surface area contributed by atoms with E-state index < -0.39 is 33.3 Å². The minimum Gasteiger partial charge on any atom is -0.507 e. The Morgan fingerprint density at radius 3 is 2.26 bits per heavy atom. The Morgan fingerprint density at radius 2 is 1.65 bits per heavy atom. The first-order valence-corrected chi connectivity index (χ1v) is 7.61. The molecule has 0 aliphatic heterocycles. The molecule has 0 bridgehead atoms. The number of sulfonamides is 1. The average molecular weight is 337 g/mol. The molecule has 2 rings (SSSR count). The van der Waals surface area contributed by atoms with E-state index in [1.807, 2.05) is 0 Å². The standard InChI is InChI=1S/C14H11NO7S/c16-12-5-4-9(7-11(12)14(19)20)15-23(21,22)10-3-1-2-8(6-10)13(17)18/h1-7,15-16H,(H,17,18)(H,19,20). The molecule has 23 heavy (non-hydrogen) atoms. The molecule has 0 unspecified atom stereocenters. The largest absolute Gasteiger partial charge is 0.507 e. The minimum atomic E-state index is -4.11. The van der Waals surface area contributed by atoms with Gasteiger partial charge in [-0.25, -0.2) is 18.0 Å². The molecule has 0 spiro atoms. The van der Waals surface area contributed by atoms with Crippen molar-refractivity contribution >= 4 is 27.6 Å². The van der Waals surface area contributed by atoms with Crippen molar-refractivity contribution in [1.82, 2.24) is 0 Å². The summed E-state index contributed by atoms with van der Waals surface area (Å²) in [5.41, 5.74) is -0.754. The number of aromatic carboxylic acids is 2. The van der Waals surface area contributed by atoms with E-state index in [9.17, 15) is 23.1 Å². The number of carboxylic acids is 2. The van der Waals surface area contributed by atoms with Gasteiger partial charge < -0.3 is 15.3 Å². The van der Waals surface area contributed by atoms with Gasteiger partial charge in [-0.05, 0) is 36.4 Å². The van der Waals surface area contributed by atoms with Crippen molar-refractivity contribution in [3.05, 3.63) is 53.6 Å². The summed E-state index contributed by atoms with van der Waals surface area (Å²) in [6, 6.07) is 7.87. The summed E-state index contributed by atoms with van der Waals surface area (Å²) in [6.07, 6.45) is 0. The predicted molar refractivity (Wildman–Crippen MR) is 79.3 cm³/mol. The number of carbonyl (C=O) groups is 2. The Labute approximate surface area is 130 Å². The zero-order valence-electron chi connectivity index (χ0n) is 11.4. The normalized spacial score (nSPS) is 11.0.